The molecule has 2 rings (SSSR count). The van der Waals surface area contributed by atoms with Crippen molar-refractivity contribution >= 4 is 12.8 Å². The van der Waals surface area contributed by atoms with Gasteiger partial charge in [0.25, 0.3) is 0 Å². The Hall–Kier alpha value is -1.27. The Kier molecular flexibility index (Phi) is 4.09. The second kappa shape index (κ2) is 5.58. The van der Waals surface area contributed by atoms with Crippen LogP contribution in [0.1, 0.15) is 23.3 Å². The lowest BCUT2D eigenvalue weighted by atomic mass is 9.80. The van der Waals surface area contributed by atoms with Gasteiger partial charge in [0.05, 0.1) is 6.20 Å². The lowest BCUT2D eigenvalue weighted by Gasteiger charge is -2.31. The van der Waals surface area contributed by atoms with Crippen LogP contribution < -0.4 is 0 Å². The van der Waals surface area contributed by atoms with Gasteiger partial charge in [-0.15, -0.1) is 0 Å². The summed E-state index contributed by atoms with van der Waals surface area (Å²) in [7, 11) is -0.468. The average molecular weight is 250 g/mol. The number of nitrogens with zero attached hydrogens (tertiary/aromatic N) is 2. The maximum atomic E-state index is 12.7. The molecule has 0 aliphatic carbocycles. The summed E-state index contributed by atoms with van der Waals surface area (Å²) in [5, 5.41) is 9.44. The SMILES string of the molecule is CB(O)N1CCC(C(=O)c2ccc(F)cn2)CC1. The fraction of sp³-hybridized carbons (Fsp3) is 0.500. The largest absolute Gasteiger partial charge is 0.437 e. The van der Waals surface area contributed by atoms with Crippen LogP contribution in [0.4, 0.5) is 4.39 Å². The molecule has 6 heteroatoms. The van der Waals surface area contributed by atoms with Crippen molar-refractivity contribution in [3.8, 4) is 0 Å². The van der Waals surface area contributed by atoms with Gasteiger partial charge in [0.1, 0.15) is 11.5 Å². The molecule has 2 heterocycles. The van der Waals surface area contributed by atoms with Crippen LogP contribution in [-0.4, -0.2) is 40.7 Å². The van der Waals surface area contributed by atoms with Crippen LogP contribution in [0.3, 0.4) is 0 Å². The Morgan fingerprint density at radius 2 is 2.17 bits per heavy atom. The van der Waals surface area contributed by atoms with E-state index in [1.165, 1.54) is 12.1 Å². The molecular formula is C12H16BFN2O2. The van der Waals surface area contributed by atoms with E-state index in [2.05, 4.69) is 4.98 Å². The maximum Gasteiger partial charge on any atom is 0.376 e. The van der Waals surface area contributed by atoms with Crippen LogP contribution in [0.5, 0.6) is 0 Å². The predicted molar refractivity (Wildman–Crippen MR) is 66.7 cm³/mol. The van der Waals surface area contributed by atoms with Gasteiger partial charge in [-0.1, -0.05) is 0 Å². The third kappa shape index (κ3) is 2.94. The van der Waals surface area contributed by atoms with E-state index >= 15 is 0 Å². The molecule has 1 aliphatic heterocycles. The van der Waals surface area contributed by atoms with Gasteiger partial charge >= 0.3 is 7.05 Å². The van der Waals surface area contributed by atoms with Crippen molar-refractivity contribution in [2.75, 3.05) is 13.1 Å². The Balaban J connectivity index is 1.97. The van der Waals surface area contributed by atoms with E-state index in [1.807, 2.05) is 4.81 Å². The summed E-state index contributed by atoms with van der Waals surface area (Å²) in [6.07, 6.45) is 2.49. The summed E-state index contributed by atoms with van der Waals surface area (Å²) in [4.78, 5) is 17.9. The smallest absolute Gasteiger partial charge is 0.376 e. The molecule has 18 heavy (non-hydrogen) atoms. The van der Waals surface area contributed by atoms with Crippen molar-refractivity contribution in [1.82, 2.24) is 9.79 Å². The summed E-state index contributed by atoms with van der Waals surface area (Å²) >= 11 is 0. The van der Waals surface area contributed by atoms with Crippen LogP contribution in [0.15, 0.2) is 18.3 Å². The van der Waals surface area contributed by atoms with Crippen LogP contribution in [0.25, 0.3) is 0 Å². The lowest BCUT2D eigenvalue weighted by molar-refractivity contribution is 0.0864. The normalized spacial score (nSPS) is 17.7. The molecule has 96 valence electrons. The zero-order chi connectivity index (χ0) is 13.1. The Bertz CT molecular complexity index is 417. The van der Waals surface area contributed by atoms with Gasteiger partial charge in [-0.05, 0) is 44.9 Å². The zero-order valence-corrected chi connectivity index (χ0v) is 10.3. The molecule has 0 bridgehead atoms. The van der Waals surface area contributed by atoms with Crippen molar-refractivity contribution in [3.05, 3.63) is 29.8 Å². The quantitative estimate of drug-likeness (QED) is 0.647. The van der Waals surface area contributed by atoms with E-state index in [9.17, 15) is 14.2 Å². The minimum Gasteiger partial charge on any atom is -0.437 e. The number of hydrogen-bond donors (Lipinski definition) is 1. The number of rotatable bonds is 3. The van der Waals surface area contributed by atoms with E-state index < -0.39 is 12.9 Å². The van der Waals surface area contributed by atoms with Gasteiger partial charge in [-0.25, -0.2) is 4.39 Å². The molecule has 0 atom stereocenters. The molecule has 1 N–H and O–H groups in total. The van der Waals surface area contributed by atoms with E-state index in [0.29, 0.717) is 31.6 Å². The Morgan fingerprint density at radius 1 is 1.50 bits per heavy atom. The van der Waals surface area contributed by atoms with E-state index in [1.54, 1.807) is 6.82 Å². The second-order valence-electron chi connectivity index (χ2n) is 4.67. The van der Waals surface area contributed by atoms with Crippen molar-refractivity contribution in [1.29, 1.82) is 0 Å². The van der Waals surface area contributed by atoms with Gasteiger partial charge in [-0.2, -0.15) is 0 Å². The molecular weight excluding hydrogens is 234 g/mol. The number of Topliss-reactive ketones (excluding diaryl/α,β-unsaturated/α-hetero) is 1. The van der Waals surface area contributed by atoms with Gasteiger partial charge < -0.3 is 9.83 Å². The topological polar surface area (TPSA) is 53.4 Å². The number of aromatic nitrogens is 1. The standard InChI is InChI=1S/C12H16BFN2O2/c1-13(18)16-6-4-9(5-7-16)12(17)11-3-2-10(14)8-15-11/h2-3,8-9,18H,4-7H2,1H3. The van der Waals surface area contributed by atoms with E-state index in [-0.39, 0.29) is 11.7 Å². The number of hydrogen-bond acceptors (Lipinski definition) is 4. The first-order chi connectivity index (χ1) is 8.58. The molecule has 1 aromatic rings. The number of ketones is 1. The molecule has 4 nitrogen and oxygen atoms in total. The van der Waals surface area contributed by atoms with Crippen LogP contribution >= 0.6 is 0 Å². The predicted octanol–water partition coefficient (Wildman–Crippen LogP) is 1.23. The summed E-state index contributed by atoms with van der Waals surface area (Å²) in [5.74, 6) is -0.534. The van der Waals surface area contributed by atoms with Crippen molar-refractivity contribution in [2.24, 2.45) is 5.92 Å². The highest BCUT2D eigenvalue weighted by Crippen LogP contribution is 2.21. The molecule has 0 radical (unpaired) electrons. The molecule has 0 spiro atoms. The highest BCUT2D eigenvalue weighted by molar-refractivity contribution is 6.45. The average Bonchev–Trinajstić information content (AvgIpc) is 2.39. The highest BCUT2D eigenvalue weighted by Gasteiger charge is 2.29. The molecule has 1 aromatic heterocycles. The molecule has 1 aliphatic rings. The second-order valence-corrected chi connectivity index (χ2v) is 4.67. The first-order valence-electron chi connectivity index (χ1n) is 6.16. The molecule has 1 fully saturated rings. The minimum atomic E-state index is -0.468. The van der Waals surface area contributed by atoms with Crippen molar-refractivity contribution in [3.63, 3.8) is 0 Å². The zero-order valence-electron chi connectivity index (χ0n) is 10.3. The third-order valence-electron chi connectivity index (χ3n) is 3.41. The van der Waals surface area contributed by atoms with Crippen LogP contribution in [0.2, 0.25) is 6.82 Å². The molecule has 0 saturated carbocycles. The molecule has 0 aromatic carbocycles. The number of halogens is 1. The number of piperidine rings is 1. The first-order valence-corrected chi connectivity index (χ1v) is 6.16. The van der Waals surface area contributed by atoms with Crippen molar-refractivity contribution < 1.29 is 14.2 Å². The highest BCUT2D eigenvalue weighted by atomic mass is 19.1. The fourth-order valence-electron chi connectivity index (χ4n) is 2.27. The minimum absolute atomic E-state index is 0.0276. The molecule has 0 amide bonds. The van der Waals surface area contributed by atoms with Crippen molar-refractivity contribution in [2.45, 2.75) is 19.7 Å². The summed E-state index contributed by atoms with van der Waals surface area (Å²) in [5.41, 5.74) is 0.326. The van der Waals surface area contributed by atoms with Gasteiger partial charge in [-0.3, -0.25) is 9.78 Å². The number of carbonyl (C=O) groups excluding carboxylic acids is 1. The Morgan fingerprint density at radius 3 is 2.67 bits per heavy atom. The monoisotopic (exact) mass is 250 g/mol. The van der Waals surface area contributed by atoms with Gasteiger partial charge in [0.2, 0.25) is 0 Å². The molecule has 1 saturated heterocycles. The summed E-state index contributed by atoms with van der Waals surface area (Å²) < 4.78 is 12.7. The van der Waals surface area contributed by atoms with E-state index in [0.717, 1.165) is 6.20 Å². The van der Waals surface area contributed by atoms with Gasteiger partial charge in [0.15, 0.2) is 5.78 Å². The lowest BCUT2D eigenvalue weighted by Crippen LogP contribution is -2.44. The summed E-state index contributed by atoms with van der Waals surface area (Å²) in [6, 6.07) is 2.68. The number of pyridine rings is 1. The third-order valence-corrected chi connectivity index (χ3v) is 3.41. The fourth-order valence-corrected chi connectivity index (χ4v) is 2.27. The van der Waals surface area contributed by atoms with Gasteiger partial charge in [0, 0.05) is 5.92 Å². The maximum absolute atomic E-state index is 12.7. The first kappa shape index (κ1) is 13.2. The van der Waals surface area contributed by atoms with Crippen LogP contribution in [0, 0.1) is 11.7 Å². The molecule has 0 unspecified atom stereocenters. The number of carbonyl (C=O) groups is 1. The summed E-state index contributed by atoms with van der Waals surface area (Å²) in [6.45, 7) is 3.13. The Labute approximate surface area is 106 Å². The van der Waals surface area contributed by atoms with E-state index in [4.69, 9.17) is 0 Å². The van der Waals surface area contributed by atoms with Crippen LogP contribution in [-0.2, 0) is 0 Å².